The lowest BCUT2D eigenvalue weighted by molar-refractivity contribution is -0.127. The number of fused-ring (bicyclic) bond motifs is 2. The lowest BCUT2D eigenvalue weighted by Gasteiger charge is -2.32. The van der Waals surface area contributed by atoms with Crippen molar-refractivity contribution in [3.8, 4) is 5.75 Å². The molecule has 2 aromatic heterocycles. The SMILES string of the molecule is CN(C)C/C=C\C(=O)N1CCCC(n2nc(Nc3ccc(OC(=O)N(C)C)c4ccccc34)c3c(N)ncnc32)C1. The largest absolute Gasteiger partial charge is 0.414 e. The van der Waals surface area contributed by atoms with Gasteiger partial charge in [-0.3, -0.25) is 4.79 Å². The Morgan fingerprint density at radius 3 is 2.66 bits per heavy atom. The van der Waals surface area contributed by atoms with Crippen LogP contribution in [-0.2, 0) is 4.79 Å². The van der Waals surface area contributed by atoms with Crippen LogP contribution in [0.5, 0.6) is 5.75 Å². The quantitative estimate of drug-likeness (QED) is 0.327. The molecule has 1 fully saturated rings. The van der Waals surface area contributed by atoms with Crippen LogP contribution in [0.4, 0.5) is 22.1 Å². The Kier molecular flexibility index (Phi) is 8.02. The van der Waals surface area contributed by atoms with Crippen molar-refractivity contribution >= 4 is 51.1 Å². The fraction of sp³-hybridized carbons (Fsp3) is 0.345. The van der Waals surface area contributed by atoms with Crippen molar-refractivity contribution in [2.45, 2.75) is 18.9 Å². The Morgan fingerprint density at radius 1 is 1.12 bits per heavy atom. The number of nitrogens with two attached hydrogens (primary N) is 1. The molecule has 2 amide bonds. The van der Waals surface area contributed by atoms with E-state index in [0.29, 0.717) is 48.1 Å². The van der Waals surface area contributed by atoms with Gasteiger partial charge in [-0.15, -0.1) is 0 Å². The van der Waals surface area contributed by atoms with Crippen LogP contribution in [0.1, 0.15) is 18.9 Å². The first-order valence-electron chi connectivity index (χ1n) is 13.5. The number of likely N-dealkylation sites (tertiary alicyclic amines) is 1. The van der Waals surface area contributed by atoms with Crippen molar-refractivity contribution in [2.24, 2.45) is 0 Å². The molecule has 1 saturated heterocycles. The molecular weight excluding hydrogens is 522 g/mol. The fourth-order valence-electron chi connectivity index (χ4n) is 4.94. The summed E-state index contributed by atoms with van der Waals surface area (Å²) in [7, 11) is 7.20. The van der Waals surface area contributed by atoms with Gasteiger partial charge in [-0.2, -0.15) is 5.10 Å². The number of carbonyl (C=O) groups is 2. The molecule has 4 aromatic rings. The summed E-state index contributed by atoms with van der Waals surface area (Å²) in [5.41, 5.74) is 7.70. The highest BCUT2D eigenvalue weighted by molar-refractivity contribution is 6.03. The van der Waals surface area contributed by atoms with Gasteiger partial charge >= 0.3 is 6.09 Å². The second-order valence-electron chi connectivity index (χ2n) is 10.5. The average Bonchev–Trinajstić information content (AvgIpc) is 3.33. The highest BCUT2D eigenvalue weighted by Crippen LogP contribution is 2.37. The van der Waals surface area contributed by atoms with Gasteiger partial charge in [0, 0.05) is 56.3 Å². The number of nitrogen functional groups attached to an aromatic ring is 1. The van der Waals surface area contributed by atoms with E-state index in [9.17, 15) is 9.59 Å². The lowest BCUT2D eigenvalue weighted by Crippen LogP contribution is -2.40. The Balaban J connectivity index is 1.47. The van der Waals surface area contributed by atoms with E-state index in [1.165, 1.54) is 11.2 Å². The molecule has 1 atom stereocenters. The van der Waals surface area contributed by atoms with Gasteiger partial charge in [0.2, 0.25) is 5.91 Å². The maximum Gasteiger partial charge on any atom is 0.414 e. The van der Waals surface area contributed by atoms with Crippen molar-refractivity contribution < 1.29 is 14.3 Å². The standard InChI is InChI=1S/C29H35N9O3/c1-35(2)15-8-12-24(39)37-16-7-9-19(17-37)38-28-25(26(30)31-18-32-28)27(34-38)33-22-13-14-23(41-29(40)36(3)4)21-11-6-5-10-20(21)22/h5-6,8,10-14,18-19H,7,9,15-17H2,1-4H3,(H,33,34)(H2,30,31,32)/b12-8-. The topological polar surface area (TPSA) is 135 Å². The molecule has 12 heteroatoms. The number of aromatic nitrogens is 4. The van der Waals surface area contributed by atoms with E-state index in [0.717, 1.165) is 29.3 Å². The number of benzene rings is 2. The molecule has 3 N–H and O–H groups in total. The number of piperidine rings is 1. The molecule has 2 aromatic carbocycles. The summed E-state index contributed by atoms with van der Waals surface area (Å²) in [6.45, 7) is 1.91. The average molecular weight is 558 g/mol. The molecule has 0 aliphatic carbocycles. The van der Waals surface area contributed by atoms with E-state index in [-0.39, 0.29) is 11.9 Å². The predicted molar refractivity (Wildman–Crippen MR) is 159 cm³/mol. The van der Waals surface area contributed by atoms with Crippen molar-refractivity contribution in [3.63, 3.8) is 0 Å². The van der Waals surface area contributed by atoms with E-state index in [1.54, 1.807) is 26.2 Å². The highest BCUT2D eigenvalue weighted by atomic mass is 16.6. The van der Waals surface area contributed by atoms with Gasteiger partial charge in [0.15, 0.2) is 11.5 Å². The normalized spacial score (nSPS) is 15.6. The molecule has 0 saturated carbocycles. The molecule has 0 radical (unpaired) electrons. The summed E-state index contributed by atoms with van der Waals surface area (Å²) >= 11 is 0. The van der Waals surface area contributed by atoms with Gasteiger partial charge in [0.05, 0.1) is 6.04 Å². The van der Waals surface area contributed by atoms with Gasteiger partial charge < -0.3 is 30.5 Å². The molecule has 5 rings (SSSR count). The maximum absolute atomic E-state index is 12.9. The zero-order valence-corrected chi connectivity index (χ0v) is 23.7. The van der Waals surface area contributed by atoms with Crippen LogP contribution in [0.2, 0.25) is 0 Å². The molecule has 0 spiro atoms. The highest BCUT2D eigenvalue weighted by Gasteiger charge is 2.28. The first kappa shape index (κ1) is 27.8. The zero-order chi connectivity index (χ0) is 29.1. The zero-order valence-electron chi connectivity index (χ0n) is 23.7. The Bertz CT molecular complexity index is 1610. The molecule has 3 heterocycles. The summed E-state index contributed by atoms with van der Waals surface area (Å²) < 4.78 is 7.45. The Labute approximate surface area is 238 Å². The molecule has 12 nitrogen and oxygen atoms in total. The number of ether oxygens (including phenoxy) is 1. The summed E-state index contributed by atoms with van der Waals surface area (Å²) in [5, 5.41) is 10.6. The fourth-order valence-corrected chi connectivity index (χ4v) is 4.94. The van der Waals surface area contributed by atoms with Crippen LogP contribution in [0.15, 0.2) is 54.9 Å². The number of nitrogens with zero attached hydrogens (tertiary/aromatic N) is 7. The van der Waals surface area contributed by atoms with Crippen LogP contribution in [0.25, 0.3) is 21.8 Å². The molecular formula is C29H35N9O3. The van der Waals surface area contributed by atoms with Crippen molar-refractivity contribution in [1.82, 2.24) is 34.4 Å². The molecule has 1 aliphatic rings. The van der Waals surface area contributed by atoms with Crippen molar-refractivity contribution in [2.75, 3.05) is 58.9 Å². The number of amides is 2. The third kappa shape index (κ3) is 5.92. The molecule has 214 valence electrons. The van der Waals surface area contributed by atoms with Gasteiger partial charge in [-0.05, 0) is 39.1 Å². The van der Waals surface area contributed by atoms with Gasteiger partial charge in [0.1, 0.15) is 23.3 Å². The van der Waals surface area contributed by atoms with Crippen LogP contribution in [0, 0.1) is 0 Å². The third-order valence-electron chi connectivity index (χ3n) is 7.00. The second kappa shape index (κ2) is 11.8. The van der Waals surface area contributed by atoms with Crippen molar-refractivity contribution in [1.29, 1.82) is 0 Å². The summed E-state index contributed by atoms with van der Waals surface area (Å²) in [6.07, 6.45) is 6.18. The number of hydrogen-bond acceptors (Lipinski definition) is 9. The van der Waals surface area contributed by atoms with Crippen LogP contribution in [0.3, 0.4) is 0 Å². The van der Waals surface area contributed by atoms with Crippen molar-refractivity contribution in [3.05, 3.63) is 54.9 Å². The first-order valence-corrected chi connectivity index (χ1v) is 13.5. The predicted octanol–water partition coefficient (Wildman–Crippen LogP) is 3.65. The summed E-state index contributed by atoms with van der Waals surface area (Å²) in [6, 6.07) is 11.2. The molecule has 1 aliphatic heterocycles. The smallest absolute Gasteiger partial charge is 0.410 e. The molecule has 41 heavy (non-hydrogen) atoms. The van der Waals surface area contributed by atoms with Crippen LogP contribution >= 0.6 is 0 Å². The van der Waals surface area contributed by atoms with Gasteiger partial charge in [-0.1, -0.05) is 30.3 Å². The second-order valence-corrected chi connectivity index (χ2v) is 10.5. The maximum atomic E-state index is 12.9. The summed E-state index contributed by atoms with van der Waals surface area (Å²) in [4.78, 5) is 39.1. The van der Waals surface area contributed by atoms with Crippen LogP contribution in [-0.4, -0.2) is 94.3 Å². The number of likely N-dealkylation sites (N-methyl/N-ethyl adjacent to an activating group) is 1. The summed E-state index contributed by atoms with van der Waals surface area (Å²) in [5.74, 6) is 1.26. The number of rotatable bonds is 7. The van der Waals surface area contributed by atoms with Crippen LogP contribution < -0.4 is 15.8 Å². The Morgan fingerprint density at radius 2 is 1.90 bits per heavy atom. The third-order valence-corrected chi connectivity index (χ3v) is 7.00. The number of nitrogens with one attached hydrogen (secondary N) is 1. The number of anilines is 3. The van der Waals surface area contributed by atoms with E-state index in [4.69, 9.17) is 15.6 Å². The van der Waals surface area contributed by atoms with Gasteiger partial charge in [-0.25, -0.2) is 19.4 Å². The monoisotopic (exact) mass is 557 g/mol. The lowest BCUT2D eigenvalue weighted by atomic mass is 10.1. The molecule has 1 unspecified atom stereocenters. The molecule has 0 bridgehead atoms. The van der Waals surface area contributed by atoms with E-state index in [2.05, 4.69) is 15.3 Å². The minimum atomic E-state index is -0.460. The first-order chi connectivity index (χ1) is 19.7. The number of hydrogen-bond donors (Lipinski definition) is 2. The van der Waals surface area contributed by atoms with E-state index in [1.807, 2.05) is 65.0 Å². The Hall–Kier alpha value is -4.71. The minimum absolute atomic E-state index is 0.0120. The minimum Gasteiger partial charge on any atom is -0.410 e. The number of carbonyl (C=O) groups excluding carboxylic acids is 2. The van der Waals surface area contributed by atoms with Gasteiger partial charge in [0.25, 0.3) is 0 Å². The van der Waals surface area contributed by atoms with E-state index >= 15 is 0 Å². The van der Waals surface area contributed by atoms with E-state index < -0.39 is 6.09 Å².